The molecule has 0 unspecified atom stereocenters. The van der Waals surface area contributed by atoms with Crippen molar-refractivity contribution >= 4 is 17.4 Å². The molecule has 1 N–H and O–H groups in total. The van der Waals surface area contributed by atoms with Crippen LogP contribution >= 0.6 is 11.6 Å². The zero-order valence-corrected chi connectivity index (χ0v) is 12.9. The maximum atomic E-state index is 11.5. The van der Waals surface area contributed by atoms with Crippen LogP contribution in [0.5, 0.6) is 5.75 Å². The van der Waals surface area contributed by atoms with Gasteiger partial charge in [0.05, 0.1) is 5.56 Å². The Morgan fingerprint density at radius 3 is 2.60 bits per heavy atom. The van der Waals surface area contributed by atoms with Gasteiger partial charge in [-0.2, -0.15) is 0 Å². The molecule has 0 spiro atoms. The highest BCUT2D eigenvalue weighted by atomic mass is 35.5. The van der Waals surface area contributed by atoms with Crippen molar-refractivity contribution in [2.75, 3.05) is 7.05 Å². The van der Waals surface area contributed by atoms with Crippen LogP contribution in [-0.2, 0) is 6.54 Å². The lowest BCUT2D eigenvalue weighted by Crippen LogP contribution is -2.32. The third-order valence-corrected chi connectivity index (χ3v) is 4.37. The fourth-order valence-electron chi connectivity index (χ4n) is 2.96. The van der Waals surface area contributed by atoms with Crippen molar-refractivity contribution in [2.24, 2.45) is 0 Å². The first kappa shape index (κ1) is 15.3. The average molecular weight is 296 g/mol. The molecule has 0 atom stereocenters. The summed E-state index contributed by atoms with van der Waals surface area (Å²) in [5.41, 5.74) is 1.04. The quantitative estimate of drug-likeness (QED) is 0.853. The molecule has 1 aromatic rings. The van der Waals surface area contributed by atoms with Crippen LogP contribution in [0.4, 0.5) is 0 Å². The lowest BCUT2D eigenvalue weighted by molar-refractivity contribution is 0.101. The van der Waals surface area contributed by atoms with Gasteiger partial charge in [0.2, 0.25) is 0 Å². The van der Waals surface area contributed by atoms with Gasteiger partial charge in [0.25, 0.3) is 0 Å². The maximum absolute atomic E-state index is 11.5. The van der Waals surface area contributed by atoms with Crippen LogP contribution in [0.25, 0.3) is 0 Å². The number of nitrogens with zero attached hydrogens (tertiary/aromatic N) is 1. The van der Waals surface area contributed by atoms with E-state index in [0.29, 0.717) is 23.2 Å². The molecule has 1 aliphatic carbocycles. The number of aromatic hydroxyl groups is 1. The first-order chi connectivity index (χ1) is 9.49. The summed E-state index contributed by atoms with van der Waals surface area (Å²) in [6.45, 7) is 2.07. The van der Waals surface area contributed by atoms with Crippen LogP contribution in [-0.4, -0.2) is 28.9 Å². The predicted molar refractivity (Wildman–Crippen MR) is 81.5 cm³/mol. The predicted octanol–water partition coefficient (Wildman–Crippen LogP) is 4.01. The Kier molecular flexibility index (Phi) is 5.06. The summed E-state index contributed by atoms with van der Waals surface area (Å²) >= 11 is 6.05. The number of phenols is 1. The third-order valence-electron chi connectivity index (χ3n) is 4.15. The number of rotatable bonds is 4. The van der Waals surface area contributed by atoms with Gasteiger partial charge in [-0.15, -0.1) is 0 Å². The van der Waals surface area contributed by atoms with Crippen molar-refractivity contribution in [1.29, 1.82) is 0 Å². The van der Waals surface area contributed by atoms with Gasteiger partial charge in [-0.1, -0.05) is 30.9 Å². The van der Waals surface area contributed by atoms with Crippen LogP contribution in [0.2, 0.25) is 5.02 Å². The van der Waals surface area contributed by atoms with E-state index in [1.165, 1.54) is 45.1 Å². The van der Waals surface area contributed by atoms with E-state index < -0.39 is 0 Å². The van der Waals surface area contributed by atoms with Crippen LogP contribution < -0.4 is 0 Å². The van der Waals surface area contributed by atoms with Gasteiger partial charge in [0.15, 0.2) is 5.78 Å². The monoisotopic (exact) mass is 295 g/mol. The second kappa shape index (κ2) is 6.59. The smallest absolute Gasteiger partial charge is 0.163 e. The van der Waals surface area contributed by atoms with E-state index in [2.05, 4.69) is 11.9 Å². The Balaban J connectivity index is 2.17. The number of halogens is 1. The number of Topliss-reactive ketones (excluding diaryl/α,β-unsaturated/α-hetero) is 1. The molecule has 0 radical (unpaired) electrons. The lowest BCUT2D eigenvalue weighted by Gasteiger charge is -2.31. The fourth-order valence-corrected chi connectivity index (χ4v) is 3.21. The lowest BCUT2D eigenvalue weighted by atomic mass is 9.94. The number of phenolic OH excluding ortho intramolecular Hbond substituents is 1. The minimum atomic E-state index is -0.161. The van der Waals surface area contributed by atoms with Crippen LogP contribution in [0.1, 0.15) is 54.9 Å². The highest BCUT2D eigenvalue weighted by molar-refractivity contribution is 6.31. The van der Waals surface area contributed by atoms with E-state index >= 15 is 0 Å². The highest BCUT2D eigenvalue weighted by Gasteiger charge is 2.20. The Labute approximate surface area is 125 Å². The topological polar surface area (TPSA) is 40.5 Å². The molecule has 3 nitrogen and oxygen atoms in total. The number of carbonyl (C=O) groups excluding carboxylic acids is 1. The minimum absolute atomic E-state index is 0.0737. The molecular weight excluding hydrogens is 274 g/mol. The molecular formula is C16H22ClNO2. The van der Waals surface area contributed by atoms with E-state index in [9.17, 15) is 9.90 Å². The summed E-state index contributed by atoms with van der Waals surface area (Å²) in [5, 5.41) is 10.7. The number of carbonyl (C=O) groups is 1. The molecule has 0 amide bonds. The molecule has 1 saturated carbocycles. The maximum Gasteiger partial charge on any atom is 0.163 e. The van der Waals surface area contributed by atoms with Gasteiger partial charge >= 0.3 is 0 Å². The van der Waals surface area contributed by atoms with Crippen LogP contribution in [0.3, 0.4) is 0 Å². The first-order valence-electron chi connectivity index (χ1n) is 7.21. The van der Waals surface area contributed by atoms with Crippen molar-refractivity contribution in [3.63, 3.8) is 0 Å². The molecule has 1 fully saturated rings. The summed E-state index contributed by atoms with van der Waals surface area (Å²) in [7, 11) is 2.07. The van der Waals surface area contributed by atoms with Gasteiger partial charge < -0.3 is 5.11 Å². The van der Waals surface area contributed by atoms with Gasteiger partial charge in [-0.25, -0.2) is 0 Å². The molecule has 2 rings (SSSR count). The molecule has 20 heavy (non-hydrogen) atoms. The van der Waals surface area contributed by atoms with Crippen molar-refractivity contribution in [3.8, 4) is 5.75 Å². The molecule has 0 bridgehead atoms. The first-order valence-corrected chi connectivity index (χ1v) is 7.59. The zero-order chi connectivity index (χ0) is 14.7. The SMILES string of the molecule is CC(=O)c1cc(Cl)cc(CN(C)C2CCCCC2)c1O. The van der Waals surface area contributed by atoms with E-state index in [1.807, 2.05) is 0 Å². The summed E-state index contributed by atoms with van der Waals surface area (Å²) in [5.74, 6) is -0.0869. The van der Waals surface area contributed by atoms with E-state index in [1.54, 1.807) is 6.07 Å². The van der Waals surface area contributed by atoms with Gasteiger partial charge in [-0.3, -0.25) is 9.69 Å². The normalized spacial score (nSPS) is 16.6. The Morgan fingerprint density at radius 2 is 2.00 bits per heavy atom. The third kappa shape index (κ3) is 3.53. The zero-order valence-electron chi connectivity index (χ0n) is 12.2. The molecule has 4 heteroatoms. The second-order valence-corrected chi connectivity index (χ2v) is 6.16. The number of benzene rings is 1. The number of hydrogen-bond acceptors (Lipinski definition) is 3. The summed E-state index contributed by atoms with van der Waals surface area (Å²) in [4.78, 5) is 13.8. The average Bonchev–Trinajstić information content (AvgIpc) is 2.43. The minimum Gasteiger partial charge on any atom is -0.507 e. The van der Waals surface area contributed by atoms with Gasteiger partial charge in [0.1, 0.15) is 5.75 Å². The van der Waals surface area contributed by atoms with E-state index in [4.69, 9.17) is 11.6 Å². The van der Waals surface area contributed by atoms with Crippen LogP contribution in [0, 0.1) is 0 Å². The summed E-state index contributed by atoms with van der Waals surface area (Å²) < 4.78 is 0. The summed E-state index contributed by atoms with van der Waals surface area (Å²) in [6, 6.07) is 3.84. The fraction of sp³-hybridized carbons (Fsp3) is 0.562. The summed E-state index contributed by atoms with van der Waals surface area (Å²) in [6.07, 6.45) is 6.28. The molecule has 1 aliphatic rings. The van der Waals surface area contributed by atoms with Gasteiger partial charge in [0, 0.05) is 23.2 Å². The molecule has 0 aromatic heterocycles. The Bertz CT molecular complexity index is 495. The number of ketones is 1. The van der Waals surface area contributed by atoms with E-state index in [-0.39, 0.29) is 11.5 Å². The standard InChI is InChI=1S/C16H22ClNO2/c1-11(19)15-9-13(17)8-12(16(15)20)10-18(2)14-6-4-3-5-7-14/h8-9,14,20H,3-7,10H2,1-2H3. The van der Waals surface area contributed by atoms with Crippen molar-refractivity contribution < 1.29 is 9.90 Å². The Hall–Kier alpha value is -1.06. The second-order valence-electron chi connectivity index (χ2n) is 5.72. The van der Waals surface area contributed by atoms with Crippen LogP contribution in [0.15, 0.2) is 12.1 Å². The molecule has 0 saturated heterocycles. The van der Waals surface area contributed by atoms with E-state index in [0.717, 1.165) is 5.56 Å². The Morgan fingerprint density at radius 1 is 1.35 bits per heavy atom. The molecule has 0 aliphatic heterocycles. The van der Waals surface area contributed by atoms with Crippen molar-refractivity contribution in [2.45, 2.75) is 51.6 Å². The number of hydrogen-bond donors (Lipinski definition) is 1. The molecule has 0 heterocycles. The molecule has 1 aromatic carbocycles. The van der Waals surface area contributed by atoms with Crippen molar-refractivity contribution in [1.82, 2.24) is 4.90 Å². The van der Waals surface area contributed by atoms with Crippen molar-refractivity contribution in [3.05, 3.63) is 28.3 Å². The highest BCUT2D eigenvalue weighted by Crippen LogP contribution is 2.30. The molecule has 110 valence electrons. The largest absolute Gasteiger partial charge is 0.507 e. The van der Waals surface area contributed by atoms with Gasteiger partial charge in [-0.05, 0) is 38.9 Å².